The van der Waals surface area contributed by atoms with Gasteiger partial charge in [-0.3, -0.25) is 9.59 Å². The molecule has 116 valence electrons. The fourth-order valence-corrected chi connectivity index (χ4v) is 2.76. The highest BCUT2D eigenvalue weighted by Crippen LogP contribution is 2.13. The molecule has 0 saturated carbocycles. The van der Waals surface area contributed by atoms with E-state index in [-0.39, 0.29) is 0 Å². The van der Waals surface area contributed by atoms with Crippen LogP contribution in [0.5, 0.6) is 0 Å². The van der Waals surface area contributed by atoms with Crippen molar-refractivity contribution in [3.63, 3.8) is 0 Å². The molecular weight excluding hydrogens is 292 g/mol. The fourth-order valence-electron chi connectivity index (χ4n) is 1.66. The maximum absolute atomic E-state index is 12.1. The Labute approximate surface area is 125 Å². The zero-order valence-corrected chi connectivity index (χ0v) is 13.4. The van der Waals surface area contributed by atoms with Gasteiger partial charge in [-0.05, 0) is 27.7 Å². The number of carbonyl (C=O) groups excluding carboxylic acids is 2. The summed E-state index contributed by atoms with van der Waals surface area (Å²) in [6.45, 7) is 6.23. The average Bonchev–Trinajstić information content (AvgIpc) is 2.35. The number of esters is 1. The number of hydrogen-bond acceptors (Lipinski definition) is 5. The normalized spacial score (nSPS) is 13.5. The van der Waals surface area contributed by atoms with Crippen molar-refractivity contribution < 1.29 is 22.7 Å². The molecule has 0 aliphatic carbocycles. The van der Waals surface area contributed by atoms with Crippen molar-refractivity contribution in [1.29, 1.82) is 0 Å². The second kappa shape index (κ2) is 6.39. The van der Waals surface area contributed by atoms with Crippen LogP contribution in [-0.4, -0.2) is 36.8 Å². The molecule has 0 radical (unpaired) electrons. The highest BCUT2D eigenvalue weighted by molar-refractivity contribution is 7.93. The van der Waals surface area contributed by atoms with E-state index in [1.807, 2.05) is 0 Å². The summed E-state index contributed by atoms with van der Waals surface area (Å²) in [6, 6.07) is 8.13. The second-order valence-electron chi connectivity index (χ2n) is 5.77. The van der Waals surface area contributed by atoms with Gasteiger partial charge in [-0.2, -0.15) is 0 Å². The third kappa shape index (κ3) is 5.30. The molecule has 0 heterocycles. The number of carbonyl (C=O) groups is 2. The van der Waals surface area contributed by atoms with Crippen LogP contribution in [0.3, 0.4) is 0 Å². The van der Waals surface area contributed by atoms with Gasteiger partial charge in [0.15, 0.2) is 15.6 Å². The minimum atomic E-state index is -3.90. The average molecular weight is 312 g/mol. The Bertz CT molecular complexity index is 611. The first-order valence-corrected chi connectivity index (χ1v) is 8.27. The number of benzene rings is 1. The van der Waals surface area contributed by atoms with E-state index in [4.69, 9.17) is 4.74 Å². The number of Topliss-reactive ketones (excluding diaryl/α,β-unsaturated/α-hetero) is 1. The Morgan fingerprint density at radius 1 is 1.14 bits per heavy atom. The Morgan fingerprint density at radius 3 is 2.14 bits per heavy atom. The molecule has 1 atom stereocenters. The van der Waals surface area contributed by atoms with Crippen LogP contribution in [0.2, 0.25) is 0 Å². The van der Waals surface area contributed by atoms with E-state index < -0.39 is 38.2 Å². The van der Waals surface area contributed by atoms with Gasteiger partial charge in [0.05, 0.1) is 0 Å². The number of ketones is 1. The molecule has 1 unspecified atom stereocenters. The lowest BCUT2D eigenvalue weighted by Gasteiger charge is -2.20. The van der Waals surface area contributed by atoms with E-state index >= 15 is 0 Å². The van der Waals surface area contributed by atoms with Crippen LogP contribution in [0.1, 0.15) is 38.1 Å². The second-order valence-corrected chi connectivity index (χ2v) is 8.09. The summed E-state index contributed by atoms with van der Waals surface area (Å²) in [7, 11) is -3.90. The summed E-state index contributed by atoms with van der Waals surface area (Å²) < 4.78 is 29.2. The number of rotatable bonds is 5. The molecule has 5 nitrogen and oxygen atoms in total. The van der Waals surface area contributed by atoms with E-state index in [1.165, 1.54) is 6.92 Å². The molecule has 0 spiro atoms. The molecule has 6 heteroatoms. The first kappa shape index (κ1) is 17.4. The van der Waals surface area contributed by atoms with Gasteiger partial charge in [0.25, 0.3) is 0 Å². The Kier molecular flexibility index (Phi) is 5.28. The van der Waals surface area contributed by atoms with Gasteiger partial charge in [-0.1, -0.05) is 30.3 Å². The number of hydrogen-bond donors (Lipinski definition) is 0. The Balaban J connectivity index is 2.83. The lowest BCUT2D eigenvalue weighted by atomic mass is 10.1. The van der Waals surface area contributed by atoms with E-state index in [0.717, 1.165) is 0 Å². The van der Waals surface area contributed by atoms with Crippen LogP contribution < -0.4 is 0 Å². The van der Waals surface area contributed by atoms with E-state index in [1.54, 1.807) is 51.1 Å². The van der Waals surface area contributed by atoms with Crippen molar-refractivity contribution in [2.24, 2.45) is 0 Å². The summed E-state index contributed by atoms with van der Waals surface area (Å²) in [4.78, 5) is 23.8. The monoisotopic (exact) mass is 312 g/mol. The summed E-state index contributed by atoms with van der Waals surface area (Å²) >= 11 is 0. The van der Waals surface area contributed by atoms with E-state index in [2.05, 4.69) is 0 Å². The number of ether oxygens (including phenoxy) is 1. The van der Waals surface area contributed by atoms with Gasteiger partial charge in [0.1, 0.15) is 16.6 Å². The molecule has 0 amide bonds. The molecule has 1 aromatic carbocycles. The summed E-state index contributed by atoms with van der Waals surface area (Å²) in [5.74, 6) is -2.18. The molecule has 0 aliphatic rings. The third-order valence-electron chi connectivity index (χ3n) is 2.71. The van der Waals surface area contributed by atoms with Crippen molar-refractivity contribution in [3.8, 4) is 0 Å². The third-order valence-corrected chi connectivity index (χ3v) is 4.63. The van der Waals surface area contributed by atoms with Crippen LogP contribution in [-0.2, 0) is 19.4 Å². The molecule has 0 bridgehead atoms. The molecule has 1 aromatic rings. The summed E-state index contributed by atoms with van der Waals surface area (Å²) in [5, 5.41) is -1.28. The Morgan fingerprint density at radius 2 is 1.67 bits per heavy atom. The molecule has 0 N–H and O–H groups in total. The van der Waals surface area contributed by atoms with Gasteiger partial charge < -0.3 is 4.74 Å². The predicted octanol–water partition coefficient (Wildman–Crippen LogP) is 2.01. The van der Waals surface area contributed by atoms with Gasteiger partial charge in [-0.25, -0.2) is 8.42 Å². The standard InChI is InChI=1S/C15H20O5S/c1-11(14(17)12-8-6-5-7-9-12)21(18,19)10-13(16)20-15(2,3)4/h5-9,11H,10H2,1-4H3. The first-order chi connectivity index (χ1) is 9.53. The quantitative estimate of drug-likeness (QED) is 0.614. The molecule has 0 saturated heterocycles. The van der Waals surface area contributed by atoms with Crippen LogP contribution in [0.15, 0.2) is 30.3 Å². The maximum Gasteiger partial charge on any atom is 0.321 e. The minimum absolute atomic E-state index is 0.303. The molecule has 1 rings (SSSR count). The lowest BCUT2D eigenvalue weighted by Crippen LogP contribution is -2.35. The molecule has 0 fully saturated rings. The van der Waals surface area contributed by atoms with Crippen LogP contribution >= 0.6 is 0 Å². The van der Waals surface area contributed by atoms with Crippen LogP contribution in [0.4, 0.5) is 0 Å². The zero-order chi connectivity index (χ0) is 16.3. The molecule has 21 heavy (non-hydrogen) atoms. The topological polar surface area (TPSA) is 77.5 Å². The van der Waals surface area contributed by atoms with Gasteiger partial charge in [0, 0.05) is 5.56 Å². The van der Waals surface area contributed by atoms with Crippen molar-refractivity contribution in [2.75, 3.05) is 5.75 Å². The lowest BCUT2D eigenvalue weighted by molar-refractivity contribution is -0.151. The van der Waals surface area contributed by atoms with Crippen molar-refractivity contribution in [1.82, 2.24) is 0 Å². The zero-order valence-electron chi connectivity index (χ0n) is 12.6. The smallest absolute Gasteiger partial charge is 0.321 e. The molecular formula is C15H20O5S. The fraction of sp³-hybridized carbons (Fsp3) is 0.467. The maximum atomic E-state index is 12.1. The largest absolute Gasteiger partial charge is 0.459 e. The van der Waals surface area contributed by atoms with Gasteiger partial charge in [0.2, 0.25) is 0 Å². The van der Waals surface area contributed by atoms with Crippen LogP contribution in [0, 0.1) is 0 Å². The highest BCUT2D eigenvalue weighted by atomic mass is 32.2. The predicted molar refractivity (Wildman–Crippen MR) is 79.9 cm³/mol. The van der Waals surface area contributed by atoms with Gasteiger partial charge in [-0.15, -0.1) is 0 Å². The SMILES string of the molecule is CC(C(=O)c1ccccc1)S(=O)(=O)CC(=O)OC(C)(C)C. The van der Waals surface area contributed by atoms with Gasteiger partial charge >= 0.3 is 5.97 Å². The Hall–Kier alpha value is -1.69. The molecule has 0 aromatic heterocycles. The number of sulfone groups is 1. The first-order valence-electron chi connectivity index (χ1n) is 6.55. The summed E-state index contributed by atoms with van der Waals surface area (Å²) in [6.07, 6.45) is 0. The minimum Gasteiger partial charge on any atom is -0.459 e. The summed E-state index contributed by atoms with van der Waals surface area (Å²) in [5.41, 5.74) is -0.461. The van der Waals surface area contributed by atoms with Crippen molar-refractivity contribution in [3.05, 3.63) is 35.9 Å². The molecule has 0 aliphatic heterocycles. The highest BCUT2D eigenvalue weighted by Gasteiger charge is 2.32. The van der Waals surface area contributed by atoms with E-state index in [0.29, 0.717) is 5.56 Å². The van der Waals surface area contributed by atoms with Crippen LogP contribution in [0.25, 0.3) is 0 Å². The van der Waals surface area contributed by atoms with Crippen molar-refractivity contribution in [2.45, 2.75) is 38.5 Å². The van der Waals surface area contributed by atoms with E-state index in [9.17, 15) is 18.0 Å². The van der Waals surface area contributed by atoms with Crippen molar-refractivity contribution >= 4 is 21.6 Å².